The van der Waals surface area contributed by atoms with Gasteiger partial charge in [0.1, 0.15) is 11.4 Å². The molecule has 0 saturated carbocycles. The Hall–Kier alpha value is -2.94. The lowest BCUT2D eigenvalue weighted by Gasteiger charge is -2.10. The van der Waals surface area contributed by atoms with Crippen molar-refractivity contribution in [3.05, 3.63) is 71.9 Å². The molecule has 1 aromatic heterocycles. The summed E-state index contributed by atoms with van der Waals surface area (Å²) in [4.78, 5) is 16.3. The number of rotatable bonds is 3. The predicted molar refractivity (Wildman–Crippen MR) is 91.5 cm³/mol. The van der Waals surface area contributed by atoms with Gasteiger partial charge < -0.3 is 5.11 Å². The van der Waals surface area contributed by atoms with Gasteiger partial charge in [-0.15, -0.1) is 0 Å². The van der Waals surface area contributed by atoms with Crippen molar-refractivity contribution in [3.63, 3.8) is 0 Å². The Balaban J connectivity index is 2.22. The highest BCUT2D eigenvalue weighted by molar-refractivity contribution is 5.94. The van der Waals surface area contributed by atoms with E-state index in [-0.39, 0.29) is 11.5 Å². The van der Waals surface area contributed by atoms with Gasteiger partial charge in [0.2, 0.25) is 0 Å². The van der Waals surface area contributed by atoms with Gasteiger partial charge in [0.15, 0.2) is 5.78 Å². The summed E-state index contributed by atoms with van der Waals surface area (Å²) in [5.41, 5.74) is 5.02. The van der Waals surface area contributed by atoms with Crippen LogP contribution < -0.4 is 0 Å². The smallest absolute Gasteiger partial charge is 0.178 e. The predicted octanol–water partition coefficient (Wildman–Crippen LogP) is 4.63. The van der Waals surface area contributed by atoms with Crippen molar-refractivity contribution in [2.24, 2.45) is 0 Å². The molecule has 0 aliphatic carbocycles. The van der Waals surface area contributed by atoms with Gasteiger partial charge in [-0.1, -0.05) is 36.4 Å². The molecular weight excluding hydrogens is 286 g/mol. The maximum Gasteiger partial charge on any atom is 0.178 e. The zero-order valence-corrected chi connectivity index (χ0v) is 13.1. The average molecular weight is 303 g/mol. The van der Waals surface area contributed by atoms with Gasteiger partial charge >= 0.3 is 0 Å². The van der Waals surface area contributed by atoms with E-state index >= 15 is 0 Å². The van der Waals surface area contributed by atoms with Crippen LogP contribution in [0, 0.1) is 6.92 Å². The normalized spacial score (nSPS) is 10.5. The Morgan fingerprint density at radius 3 is 2.43 bits per heavy atom. The molecule has 0 spiro atoms. The van der Waals surface area contributed by atoms with Crippen molar-refractivity contribution in [2.75, 3.05) is 0 Å². The second-order valence-corrected chi connectivity index (χ2v) is 5.55. The topological polar surface area (TPSA) is 50.2 Å². The number of Topliss-reactive ketones (excluding diaryl/α,β-unsaturated/α-hetero) is 1. The molecule has 3 aromatic rings. The molecule has 0 unspecified atom stereocenters. The summed E-state index contributed by atoms with van der Waals surface area (Å²) in [5, 5.41) is 9.69. The van der Waals surface area contributed by atoms with Crippen LogP contribution in [0.5, 0.6) is 5.75 Å². The number of aromatic nitrogens is 1. The quantitative estimate of drug-likeness (QED) is 0.718. The van der Waals surface area contributed by atoms with Gasteiger partial charge in [0.05, 0.1) is 5.69 Å². The molecule has 23 heavy (non-hydrogen) atoms. The molecule has 1 N–H and O–H groups in total. The largest absolute Gasteiger partial charge is 0.508 e. The molecule has 1 heterocycles. The van der Waals surface area contributed by atoms with Crippen LogP contribution in [0.2, 0.25) is 0 Å². The molecule has 0 aliphatic rings. The summed E-state index contributed by atoms with van der Waals surface area (Å²) in [7, 11) is 0. The van der Waals surface area contributed by atoms with Crippen LogP contribution in [0.1, 0.15) is 23.0 Å². The highest BCUT2D eigenvalue weighted by Crippen LogP contribution is 2.29. The summed E-state index contributed by atoms with van der Waals surface area (Å²) in [6, 6.07) is 18.7. The minimum absolute atomic E-state index is 0.0816. The van der Waals surface area contributed by atoms with E-state index in [1.807, 2.05) is 49.4 Å². The number of carbonyl (C=O) groups excluding carboxylic acids is 1. The first-order chi connectivity index (χ1) is 11.0. The third-order valence-corrected chi connectivity index (χ3v) is 3.78. The number of benzene rings is 2. The molecule has 0 fully saturated rings. The summed E-state index contributed by atoms with van der Waals surface area (Å²) >= 11 is 0. The Labute approximate surface area is 135 Å². The number of phenols is 1. The molecule has 2 aromatic carbocycles. The highest BCUT2D eigenvalue weighted by Gasteiger charge is 2.11. The molecule has 0 aliphatic heterocycles. The van der Waals surface area contributed by atoms with Crippen molar-refractivity contribution in [1.82, 2.24) is 4.98 Å². The lowest BCUT2D eigenvalue weighted by Crippen LogP contribution is -1.99. The van der Waals surface area contributed by atoms with E-state index in [9.17, 15) is 9.90 Å². The zero-order chi connectivity index (χ0) is 16.4. The standard InChI is InChI=1S/C20H17NO2/c1-13-6-3-4-9-18(13)16-11-19(14(2)22)21-20(12-16)15-7-5-8-17(23)10-15/h3-12,23H,1-2H3. The summed E-state index contributed by atoms with van der Waals surface area (Å²) in [6.07, 6.45) is 0. The van der Waals surface area contributed by atoms with Gasteiger partial charge in [-0.2, -0.15) is 0 Å². The number of aromatic hydroxyl groups is 1. The molecule has 3 heteroatoms. The molecule has 3 nitrogen and oxygen atoms in total. The molecule has 0 amide bonds. The lowest BCUT2D eigenvalue weighted by molar-refractivity contribution is 0.101. The molecule has 114 valence electrons. The van der Waals surface area contributed by atoms with Crippen molar-refractivity contribution in [1.29, 1.82) is 0 Å². The third-order valence-electron chi connectivity index (χ3n) is 3.78. The Morgan fingerprint density at radius 1 is 0.957 bits per heavy atom. The first-order valence-electron chi connectivity index (χ1n) is 7.43. The van der Waals surface area contributed by atoms with Crippen molar-refractivity contribution >= 4 is 5.78 Å². The Morgan fingerprint density at radius 2 is 1.74 bits per heavy atom. The molecule has 3 rings (SSSR count). The van der Waals surface area contributed by atoms with Crippen molar-refractivity contribution in [2.45, 2.75) is 13.8 Å². The lowest BCUT2D eigenvalue weighted by atomic mass is 9.98. The van der Waals surface area contributed by atoms with Gasteiger partial charge in [0.25, 0.3) is 0 Å². The number of carbonyl (C=O) groups is 1. The minimum atomic E-state index is -0.0816. The van der Waals surface area contributed by atoms with E-state index in [4.69, 9.17) is 0 Å². The molecule has 0 bridgehead atoms. The SMILES string of the molecule is CC(=O)c1cc(-c2ccccc2C)cc(-c2cccc(O)c2)n1. The maximum atomic E-state index is 11.9. The van der Waals surface area contributed by atoms with Crippen LogP contribution in [0.4, 0.5) is 0 Å². The fourth-order valence-electron chi connectivity index (χ4n) is 2.58. The van der Waals surface area contributed by atoms with Gasteiger partial charge in [-0.05, 0) is 47.9 Å². The number of aryl methyl sites for hydroxylation is 1. The first kappa shape index (κ1) is 15.0. The summed E-state index contributed by atoms with van der Waals surface area (Å²) in [5.74, 6) is 0.0943. The van der Waals surface area contributed by atoms with E-state index in [1.54, 1.807) is 18.2 Å². The van der Waals surface area contributed by atoms with Crippen molar-refractivity contribution in [3.8, 4) is 28.1 Å². The van der Waals surface area contributed by atoms with Crippen LogP contribution in [-0.4, -0.2) is 15.9 Å². The van der Waals surface area contributed by atoms with Crippen LogP contribution in [0.15, 0.2) is 60.7 Å². The highest BCUT2D eigenvalue weighted by atomic mass is 16.3. The van der Waals surface area contributed by atoms with Crippen LogP contribution in [-0.2, 0) is 0 Å². The fourth-order valence-corrected chi connectivity index (χ4v) is 2.58. The second kappa shape index (κ2) is 6.05. The number of hydrogen-bond acceptors (Lipinski definition) is 3. The zero-order valence-electron chi connectivity index (χ0n) is 13.1. The molecule has 0 saturated heterocycles. The molecule has 0 atom stereocenters. The van der Waals surface area contributed by atoms with Crippen LogP contribution in [0.25, 0.3) is 22.4 Å². The minimum Gasteiger partial charge on any atom is -0.508 e. The Bertz CT molecular complexity index is 884. The third kappa shape index (κ3) is 3.14. The summed E-state index contributed by atoms with van der Waals surface area (Å²) < 4.78 is 0. The maximum absolute atomic E-state index is 11.9. The van der Waals surface area contributed by atoms with E-state index in [0.29, 0.717) is 11.4 Å². The van der Waals surface area contributed by atoms with Gasteiger partial charge in [-0.3, -0.25) is 4.79 Å². The Kier molecular flexibility index (Phi) is 3.94. The average Bonchev–Trinajstić information content (AvgIpc) is 2.55. The first-order valence-corrected chi connectivity index (χ1v) is 7.43. The second-order valence-electron chi connectivity index (χ2n) is 5.55. The number of pyridine rings is 1. The van der Waals surface area contributed by atoms with Gasteiger partial charge in [0, 0.05) is 12.5 Å². The number of hydrogen-bond donors (Lipinski definition) is 1. The number of phenolic OH excluding ortho intramolecular Hbond substituents is 1. The molecular formula is C20H17NO2. The van der Waals surface area contributed by atoms with Crippen LogP contribution in [0.3, 0.4) is 0 Å². The summed E-state index contributed by atoms with van der Waals surface area (Å²) in [6.45, 7) is 3.55. The number of nitrogens with zero attached hydrogens (tertiary/aromatic N) is 1. The monoisotopic (exact) mass is 303 g/mol. The fraction of sp³-hybridized carbons (Fsp3) is 0.100. The van der Waals surface area contributed by atoms with E-state index in [0.717, 1.165) is 22.3 Å². The van der Waals surface area contributed by atoms with Crippen molar-refractivity contribution < 1.29 is 9.90 Å². The van der Waals surface area contributed by atoms with E-state index < -0.39 is 0 Å². The van der Waals surface area contributed by atoms with E-state index in [1.165, 1.54) is 6.92 Å². The van der Waals surface area contributed by atoms with Crippen LogP contribution >= 0.6 is 0 Å². The number of ketones is 1. The molecule has 0 radical (unpaired) electrons. The van der Waals surface area contributed by atoms with E-state index in [2.05, 4.69) is 4.98 Å². The van der Waals surface area contributed by atoms with Gasteiger partial charge in [-0.25, -0.2) is 4.98 Å².